The summed E-state index contributed by atoms with van der Waals surface area (Å²) in [4.78, 5) is 13.7. The first-order chi connectivity index (χ1) is 13.8. The van der Waals surface area contributed by atoms with Crippen molar-refractivity contribution >= 4 is 27.9 Å². The summed E-state index contributed by atoms with van der Waals surface area (Å²) in [6, 6.07) is 15.1. The summed E-state index contributed by atoms with van der Waals surface area (Å²) >= 11 is 1.46. The molecule has 0 saturated carbocycles. The zero-order chi connectivity index (χ0) is 20.6. The molecule has 29 heavy (non-hydrogen) atoms. The molecule has 148 valence electrons. The first-order valence-electron chi connectivity index (χ1n) is 9.19. The number of hydrogen-bond donors (Lipinski definition) is 1. The Hall–Kier alpha value is -3.26. The van der Waals surface area contributed by atoms with Crippen LogP contribution in [0.5, 0.6) is 5.75 Å². The molecule has 0 saturated heterocycles. The Morgan fingerprint density at radius 1 is 1.07 bits per heavy atom. The molecule has 0 spiro atoms. The highest BCUT2D eigenvalue weighted by atomic mass is 32.1. The van der Waals surface area contributed by atoms with E-state index in [0.29, 0.717) is 5.75 Å². The van der Waals surface area contributed by atoms with E-state index < -0.39 is 5.60 Å². The lowest BCUT2D eigenvalue weighted by Gasteiger charge is -2.26. The molecule has 0 atom stereocenters. The molecule has 0 unspecified atom stereocenters. The highest BCUT2D eigenvalue weighted by molar-refractivity contribution is 7.19. The summed E-state index contributed by atoms with van der Waals surface area (Å²) < 4.78 is 7.62. The summed E-state index contributed by atoms with van der Waals surface area (Å²) in [5.41, 5.74) is 1.56. The number of nitrogens with one attached hydrogen (secondary N) is 1. The van der Waals surface area contributed by atoms with Gasteiger partial charge in [-0.2, -0.15) is 9.61 Å². The predicted octanol–water partition coefficient (Wildman–Crippen LogP) is 4.27. The number of nitrogens with zero attached hydrogens (tertiary/aromatic N) is 4. The fourth-order valence-corrected chi connectivity index (χ4v) is 3.90. The van der Waals surface area contributed by atoms with Gasteiger partial charge in [0, 0.05) is 11.3 Å². The fourth-order valence-electron chi connectivity index (χ4n) is 2.93. The second-order valence-electron chi connectivity index (χ2n) is 7.21. The molecule has 0 bridgehead atoms. The van der Waals surface area contributed by atoms with Gasteiger partial charge in [-0.3, -0.25) is 4.79 Å². The Morgan fingerprint density at radius 2 is 1.83 bits per heavy atom. The van der Waals surface area contributed by atoms with E-state index in [2.05, 4.69) is 20.6 Å². The van der Waals surface area contributed by atoms with Crippen LogP contribution in [0.15, 0.2) is 48.5 Å². The molecule has 2 aromatic carbocycles. The van der Waals surface area contributed by atoms with Crippen LogP contribution in [-0.4, -0.2) is 31.3 Å². The number of amides is 1. The lowest BCUT2D eigenvalue weighted by atomic mass is 10.0. The van der Waals surface area contributed by atoms with Crippen LogP contribution in [0.25, 0.3) is 15.5 Å². The zero-order valence-corrected chi connectivity index (χ0v) is 17.4. The molecule has 0 aliphatic carbocycles. The van der Waals surface area contributed by atoms with Gasteiger partial charge in [-0.15, -0.1) is 10.2 Å². The molecule has 0 aliphatic heterocycles. The van der Waals surface area contributed by atoms with E-state index in [-0.39, 0.29) is 5.91 Å². The number of ether oxygens (including phenoxy) is 1. The number of anilines is 1. The molecule has 4 rings (SSSR count). The lowest BCUT2D eigenvalue weighted by Crippen LogP contribution is -2.42. The van der Waals surface area contributed by atoms with Crippen LogP contribution in [0, 0.1) is 13.8 Å². The molecule has 4 aromatic rings. The maximum absolute atomic E-state index is 12.9. The van der Waals surface area contributed by atoms with Crippen LogP contribution >= 0.6 is 11.3 Å². The highest BCUT2D eigenvalue weighted by Crippen LogP contribution is 2.32. The van der Waals surface area contributed by atoms with Crippen molar-refractivity contribution in [1.29, 1.82) is 0 Å². The predicted molar refractivity (Wildman–Crippen MR) is 113 cm³/mol. The number of aromatic nitrogens is 4. The van der Waals surface area contributed by atoms with Gasteiger partial charge in [0.25, 0.3) is 5.91 Å². The number of carbonyl (C=O) groups excluding carboxylic acids is 1. The van der Waals surface area contributed by atoms with E-state index in [1.165, 1.54) is 11.3 Å². The topological polar surface area (TPSA) is 81.4 Å². The Labute approximate surface area is 172 Å². The standard InChI is InChI=1S/C21H21N5O2S/c1-13-16(18-25-26-14(2)23-24-20(26)29-18)11-8-12-17(13)22-19(27)21(3,4)28-15-9-6-5-7-10-15/h5-12H,1-4H3,(H,22,27). The smallest absolute Gasteiger partial charge is 0.267 e. The van der Waals surface area contributed by atoms with Gasteiger partial charge < -0.3 is 10.1 Å². The van der Waals surface area contributed by atoms with Crippen molar-refractivity contribution in [3.63, 3.8) is 0 Å². The minimum absolute atomic E-state index is 0.226. The van der Waals surface area contributed by atoms with Crippen molar-refractivity contribution in [2.75, 3.05) is 5.32 Å². The lowest BCUT2D eigenvalue weighted by molar-refractivity contribution is -0.128. The number of hydrogen-bond acceptors (Lipinski definition) is 6. The minimum atomic E-state index is -1.03. The molecular formula is C21H21N5O2S. The van der Waals surface area contributed by atoms with Crippen LogP contribution in [0.3, 0.4) is 0 Å². The van der Waals surface area contributed by atoms with E-state index in [1.54, 1.807) is 18.4 Å². The third kappa shape index (κ3) is 3.71. The average molecular weight is 407 g/mol. The normalized spacial score (nSPS) is 11.6. The Kier molecular flexibility index (Phi) is 4.79. The number of benzene rings is 2. The van der Waals surface area contributed by atoms with Crippen molar-refractivity contribution < 1.29 is 9.53 Å². The second-order valence-corrected chi connectivity index (χ2v) is 8.16. The van der Waals surface area contributed by atoms with Crippen molar-refractivity contribution in [3.8, 4) is 16.3 Å². The maximum Gasteiger partial charge on any atom is 0.267 e. The maximum atomic E-state index is 12.9. The molecule has 2 aromatic heterocycles. The van der Waals surface area contributed by atoms with Gasteiger partial charge in [-0.05, 0) is 51.5 Å². The average Bonchev–Trinajstić information content (AvgIpc) is 3.26. The molecule has 2 heterocycles. The highest BCUT2D eigenvalue weighted by Gasteiger charge is 2.30. The molecule has 0 fully saturated rings. The number of rotatable bonds is 5. The number of fused-ring (bicyclic) bond motifs is 1. The first kappa shape index (κ1) is 19.1. The quantitative estimate of drug-likeness (QED) is 0.534. The minimum Gasteiger partial charge on any atom is -0.478 e. The summed E-state index contributed by atoms with van der Waals surface area (Å²) in [5.74, 6) is 1.16. The van der Waals surface area contributed by atoms with Crippen molar-refractivity contribution in [2.24, 2.45) is 0 Å². The number of para-hydroxylation sites is 1. The Balaban J connectivity index is 1.59. The summed E-state index contributed by atoms with van der Waals surface area (Å²) in [5, 5.41) is 16.6. The van der Waals surface area contributed by atoms with Crippen LogP contribution in [0.4, 0.5) is 5.69 Å². The van der Waals surface area contributed by atoms with Crippen molar-refractivity contribution in [1.82, 2.24) is 19.8 Å². The van der Waals surface area contributed by atoms with Crippen LogP contribution in [-0.2, 0) is 4.79 Å². The van der Waals surface area contributed by atoms with Gasteiger partial charge in [0.1, 0.15) is 10.8 Å². The first-order valence-corrected chi connectivity index (χ1v) is 10.0. The van der Waals surface area contributed by atoms with Crippen LogP contribution < -0.4 is 10.1 Å². The Bertz CT molecular complexity index is 1180. The second kappa shape index (κ2) is 7.29. The molecular weight excluding hydrogens is 386 g/mol. The van der Waals surface area contributed by atoms with Gasteiger partial charge >= 0.3 is 0 Å². The zero-order valence-electron chi connectivity index (χ0n) is 16.6. The van der Waals surface area contributed by atoms with E-state index in [9.17, 15) is 4.79 Å². The van der Waals surface area contributed by atoms with Gasteiger partial charge in [-0.1, -0.05) is 41.7 Å². The van der Waals surface area contributed by atoms with Gasteiger partial charge in [0.2, 0.25) is 4.96 Å². The third-order valence-electron chi connectivity index (χ3n) is 4.62. The van der Waals surface area contributed by atoms with Crippen molar-refractivity contribution in [3.05, 3.63) is 59.9 Å². The summed E-state index contributed by atoms with van der Waals surface area (Å²) in [7, 11) is 0. The van der Waals surface area contributed by atoms with Gasteiger partial charge in [0.05, 0.1) is 0 Å². The van der Waals surface area contributed by atoms with E-state index >= 15 is 0 Å². The number of aryl methyl sites for hydroxylation is 1. The molecule has 8 heteroatoms. The van der Waals surface area contributed by atoms with E-state index in [0.717, 1.165) is 32.6 Å². The monoisotopic (exact) mass is 407 g/mol. The molecule has 1 amide bonds. The third-order valence-corrected chi connectivity index (χ3v) is 5.55. The summed E-state index contributed by atoms with van der Waals surface area (Å²) in [6.07, 6.45) is 0. The van der Waals surface area contributed by atoms with Gasteiger partial charge in [0.15, 0.2) is 11.4 Å². The largest absolute Gasteiger partial charge is 0.478 e. The molecule has 0 aliphatic rings. The van der Waals surface area contributed by atoms with E-state index in [4.69, 9.17) is 4.74 Å². The Morgan fingerprint density at radius 3 is 2.55 bits per heavy atom. The van der Waals surface area contributed by atoms with E-state index in [1.807, 2.05) is 62.4 Å². The molecule has 1 N–H and O–H groups in total. The van der Waals surface area contributed by atoms with Crippen LogP contribution in [0.1, 0.15) is 25.2 Å². The molecule has 0 radical (unpaired) electrons. The van der Waals surface area contributed by atoms with Gasteiger partial charge in [-0.25, -0.2) is 0 Å². The van der Waals surface area contributed by atoms with Crippen molar-refractivity contribution in [2.45, 2.75) is 33.3 Å². The summed E-state index contributed by atoms with van der Waals surface area (Å²) in [6.45, 7) is 7.33. The SMILES string of the molecule is Cc1c(NC(=O)C(C)(C)Oc2ccccc2)cccc1-c1nn2c(C)nnc2s1. The van der Waals surface area contributed by atoms with Crippen LogP contribution in [0.2, 0.25) is 0 Å². The number of carbonyl (C=O) groups is 1. The fraction of sp³-hybridized carbons (Fsp3) is 0.238. The molecule has 7 nitrogen and oxygen atoms in total.